The molecule has 2 rings (SSSR count). The van der Waals surface area contributed by atoms with Gasteiger partial charge in [0.1, 0.15) is 16.1 Å². The molecule has 0 N–H and O–H groups in total. The van der Waals surface area contributed by atoms with Gasteiger partial charge in [-0.05, 0) is 30.4 Å². The van der Waals surface area contributed by atoms with E-state index >= 15 is 0 Å². The summed E-state index contributed by atoms with van der Waals surface area (Å²) in [5.74, 6) is 6.98. The average molecular weight is 337 g/mol. The first-order valence-corrected chi connectivity index (χ1v) is 15.5. The second kappa shape index (κ2) is 6.95. The normalized spacial score (nSPS) is 17.0. The average Bonchev–Trinajstić information content (AvgIpc) is 2.53. The standard InChI is InChI=1S/C21H28Si2/c1-22(2,3)16-14-20(15-17-23(4,5)6)21-18-10-7-8-11-19(21)13-9-12-18/h7-8,10-11H,9,12-13H2,1-6H3. The van der Waals surface area contributed by atoms with Crippen LogP contribution in [0.4, 0.5) is 0 Å². The highest BCUT2D eigenvalue weighted by Gasteiger charge is 2.21. The van der Waals surface area contributed by atoms with Crippen LogP contribution in [0.2, 0.25) is 39.3 Å². The smallest absolute Gasteiger partial charge is 0.126 e. The van der Waals surface area contributed by atoms with Crippen LogP contribution in [-0.4, -0.2) is 16.1 Å². The molecule has 1 fully saturated rings. The minimum Gasteiger partial charge on any atom is -0.126 e. The van der Waals surface area contributed by atoms with E-state index in [-0.39, 0.29) is 0 Å². The fraction of sp³-hybridized carbons (Fsp3) is 0.429. The van der Waals surface area contributed by atoms with Crippen molar-refractivity contribution < 1.29 is 0 Å². The van der Waals surface area contributed by atoms with E-state index in [9.17, 15) is 0 Å². The van der Waals surface area contributed by atoms with E-state index in [1.807, 2.05) is 0 Å². The summed E-state index contributed by atoms with van der Waals surface area (Å²) in [6.07, 6.45) is 12.3. The first-order valence-electron chi connectivity index (χ1n) is 8.53. The minimum absolute atomic E-state index is 1.07. The topological polar surface area (TPSA) is 0 Å². The third-order valence-electron chi connectivity index (χ3n) is 3.62. The van der Waals surface area contributed by atoms with E-state index < -0.39 is 16.1 Å². The number of rotatable bonds is 0. The SMILES string of the molecule is C[Si](C)(C)C#CC(C#C[Si](C)(C)C)=C1C2=CC=CC=C1CCC2. The number of fused-ring (bicyclic) bond motifs is 2. The van der Waals surface area contributed by atoms with Gasteiger partial charge < -0.3 is 0 Å². The first-order chi connectivity index (χ1) is 10.7. The number of allylic oxidation sites excluding steroid dienone is 8. The molecule has 0 unspecified atom stereocenters. The number of hydrogen-bond donors (Lipinski definition) is 0. The molecule has 120 valence electrons. The van der Waals surface area contributed by atoms with Gasteiger partial charge in [-0.15, -0.1) is 11.1 Å². The molecule has 0 aromatic rings. The zero-order valence-corrected chi connectivity index (χ0v) is 17.4. The highest BCUT2D eigenvalue weighted by molar-refractivity contribution is 6.84. The lowest BCUT2D eigenvalue weighted by Crippen LogP contribution is -2.17. The molecule has 0 atom stereocenters. The van der Waals surface area contributed by atoms with Gasteiger partial charge in [0.25, 0.3) is 0 Å². The Morgan fingerprint density at radius 2 is 1.22 bits per heavy atom. The van der Waals surface area contributed by atoms with E-state index in [1.165, 1.54) is 23.1 Å². The van der Waals surface area contributed by atoms with Gasteiger partial charge in [0.2, 0.25) is 0 Å². The van der Waals surface area contributed by atoms with Crippen LogP contribution in [0.1, 0.15) is 19.3 Å². The van der Waals surface area contributed by atoms with Crippen molar-refractivity contribution in [2.45, 2.75) is 58.5 Å². The maximum Gasteiger partial charge on any atom is 0.129 e. The van der Waals surface area contributed by atoms with Gasteiger partial charge in [-0.25, -0.2) is 0 Å². The van der Waals surface area contributed by atoms with E-state index in [2.05, 4.69) is 86.5 Å². The second-order valence-corrected chi connectivity index (χ2v) is 17.9. The Morgan fingerprint density at radius 3 is 1.61 bits per heavy atom. The van der Waals surface area contributed by atoms with Crippen molar-refractivity contribution >= 4 is 16.1 Å². The van der Waals surface area contributed by atoms with Gasteiger partial charge in [-0.3, -0.25) is 0 Å². The molecule has 0 aromatic carbocycles. The number of hydrogen-bond acceptors (Lipinski definition) is 0. The second-order valence-electron chi connectivity index (χ2n) is 8.37. The van der Waals surface area contributed by atoms with Crippen LogP contribution in [0.3, 0.4) is 0 Å². The van der Waals surface area contributed by atoms with Gasteiger partial charge in [0, 0.05) is 5.57 Å². The molecule has 0 aromatic heterocycles. The Labute approximate surface area is 144 Å². The molecule has 0 heterocycles. The van der Waals surface area contributed by atoms with Crippen molar-refractivity contribution in [2.24, 2.45) is 0 Å². The summed E-state index contributed by atoms with van der Waals surface area (Å²) < 4.78 is 0. The molecule has 0 saturated heterocycles. The molecular weight excluding hydrogens is 308 g/mol. The highest BCUT2D eigenvalue weighted by atomic mass is 28.3. The molecular formula is C21H28Si2. The molecule has 2 aliphatic rings. The van der Waals surface area contributed by atoms with Gasteiger partial charge in [0.15, 0.2) is 0 Å². The summed E-state index contributed by atoms with van der Waals surface area (Å²) >= 11 is 0. The summed E-state index contributed by atoms with van der Waals surface area (Å²) in [5, 5.41) is 0. The van der Waals surface area contributed by atoms with Crippen molar-refractivity contribution in [2.75, 3.05) is 0 Å². The minimum atomic E-state index is -1.41. The first kappa shape index (κ1) is 17.9. The Balaban J connectivity index is 2.63. The van der Waals surface area contributed by atoms with Crippen molar-refractivity contribution in [1.82, 2.24) is 0 Å². The Kier molecular flexibility index (Phi) is 5.40. The lowest BCUT2D eigenvalue weighted by molar-refractivity contribution is 0.773. The van der Waals surface area contributed by atoms with Crippen LogP contribution in [0.15, 0.2) is 46.6 Å². The predicted octanol–water partition coefficient (Wildman–Crippen LogP) is 5.65. The lowest BCUT2D eigenvalue weighted by Gasteiger charge is -2.21. The largest absolute Gasteiger partial charge is 0.129 e. The van der Waals surface area contributed by atoms with Crippen LogP contribution in [0.5, 0.6) is 0 Å². The molecule has 23 heavy (non-hydrogen) atoms. The molecule has 2 aliphatic carbocycles. The zero-order valence-electron chi connectivity index (χ0n) is 15.4. The summed E-state index contributed by atoms with van der Waals surface area (Å²) in [6.45, 7) is 13.8. The van der Waals surface area contributed by atoms with Crippen molar-refractivity contribution in [3.63, 3.8) is 0 Å². The summed E-state index contributed by atoms with van der Waals surface area (Å²) in [7, 11) is -2.83. The van der Waals surface area contributed by atoms with E-state index in [4.69, 9.17) is 0 Å². The van der Waals surface area contributed by atoms with Crippen LogP contribution in [0.25, 0.3) is 0 Å². The molecule has 0 aliphatic heterocycles. The third kappa shape index (κ3) is 5.57. The van der Waals surface area contributed by atoms with Crippen LogP contribution >= 0.6 is 0 Å². The quantitative estimate of drug-likeness (QED) is 0.396. The molecule has 0 nitrogen and oxygen atoms in total. The Bertz CT molecular complexity index is 661. The van der Waals surface area contributed by atoms with E-state index in [1.54, 1.807) is 0 Å². The molecule has 0 radical (unpaired) electrons. The molecule has 1 saturated carbocycles. The van der Waals surface area contributed by atoms with Crippen LogP contribution in [0, 0.1) is 22.9 Å². The molecule has 0 spiro atoms. The maximum atomic E-state index is 3.53. The molecule has 2 heteroatoms. The van der Waals surface area contributed by atoms with Crippen molar-refractivity contribution in [1.29, 1.82) is 0 Å². The molecule has 2 bridgehead atoms. The highest BCUT2D eigenvalue weighted by Crippen LogP contribution is 2.36. The summed E-state index contributed by atoms with van der Waals surface area (Å²) in [4.78, 5) is 0. The van der Waals surface area contributed by atoms with E-state index in [0.29, 0.717) is 0 Å². The van der Waals surface area contributed by atoms with Crippen molar-refractivity contribution in [3.05, 3.63) is 46.6 Å². The fourth-order valence-electron chi connectivity index (χ4n) is 2.58. The van der Waals surface area contributed by atoms with Crippen molar-refractivity contribution in [3.8, 4) is 22.9 Å². The van der Waals surface area contributed by atoms with Crippen LogP contribution in [-0.2, 0) is 0 Å². The fourth-order valence-corrected chi connectivity index (χ4v) is 3.58. The van der Waals surface area contributed by atoms with Crippen LogP contribution < -0.4 is 0 Å². The van der Waals surface area contributed by atoms with E-state index in [0.717, 1.165) is 18.4 Å². The van der Waals surface area contributed by atoms with Gasteiger partial charge in [0.05, 0.1) is 5.57 Å². The molecule has 0 amide bonds. The maximum absolute atomic E-state index is 3.53. The lowest BCUT2D eigenvalue weighted by atomic mass is 9.83. The van der Waals surface area contributed by atoms with Gasteiger partial charge >= 0.3 is 0 Å². The Morgan fingerprint density at radius 1 is 0.783 bits per heavy atom. The van der Waals surface area contributed by atoms with Gasteiger partial charge in [-0.1, -0.05) is 75.4 Å². The zero-order chi connectivity index (χ0) is 17.1. The Hall–Kier alpha value is -1.49. The monoisotopic (exact) mass is 336 g/mol. The predicted molar refractivity (Wildman–Crippen MR) is 108 cm³/mol. The third-order valence-corrected chi connectivity index (χ3v) is 5.37. The summed E-state index contributed by atoms with van der Waals surface area (Å²) in [5.41, 5.74) is 12.3. The summed E-state index contributed by atoms with van der Waals surface area (Å²) in [6, 6.07) is 0. The van der Waals surface area contributed by atoms with Gasteiger partial charge in [-0.2, -0.15) is 0 Å².